The van der Waals surface area contributed by atoms with E-state index < -0.39 is 0 Å². The molecule has 0 bridgehead atoms. The van der Waals surface area contributed by atoms with E-state index in [0.717, 1.165) is 17.8 Å². The molecule has 0 unspecified atom stereocenters. The smallest absolute Gasteiger partial charge is 0.0681 e. The SMILES string of the molecule is Cc1ccncc1CNc1ccc(CO)cc1. The van der Waals surface area contributed by atoms with Crippen LogP contribution < -0.4 is 5.32 Å². The van der Waals surface area contributed by atoms with Gasteiger partial charge >= 0.3 is 0 Å². The first kappa shape index (κ1) is 11.6. The van der Waals surface area contributed by atoms with E-state index in [4.69, 9.17) is 5.11 Å². The van der Waals surface area contributed by atoms with Crippen molar-refractivity contribution in [2.45, 2.75) is 20.1 Å². The molecule has 3 nitrogen and oxygen atoms in total. The van der Waals surface area contributed by atoms with Crippen molar-refractivity contribution < 1.29 is 5.11 Å². The van der Waals surface area contributed by atoms with E-state index in [2.05, 4.69) is 17.2 Å². The van der Waals surface area contributed by atoms with E-state index in [1.807, 2.05) is 36.5 Å². The fourth-order valence-corrected chi connectivity index (χ4v) is 1.61. The summed E-state index contributed by atoms with van der Waals surface area (Å²) in [5.41, 5.74) is 4.40. The second kappa shape index (κ2) is 5.46. The van der Waals surface area contributed by atoms with Gasteiger partial charge in [0.2, 0.25) is 0 Å². The second-order valence-electron chi connectivity index (χ2n) is 4.01. The maximum atomic E-state index is 8.94. The Morgan fingerprint density at radius 1 is 1.18 bits per heavy atom. The van der Waals surface area contributed by atoms with Crippen LogP contribution in [0.4, 0.5) is 5.69 Å². The van der Waals surface area contributed by atoms with Gasteiger partial charge in [-0.15, -0.1) is 0 Å². The minimum Gasteiger partial charge on any atom is -0.392 e. The van der Waals surface area contributed by atoms with E-state index in [1.165, 1.54) is 11.1 Å². The van der Waals surface area contributed by atoms with Gasteiger partial charge in [-0.3, -0.25) is 4.98 Å². The zero-order chi connectivity index (χ0) is 12.1. The molecule has 0 amide bonds. The number of nitrogens with zero attached hydrogens (tertiary/aromatic N) is 1. The molecule has 1 heterocycles. The molecule has 3 heteroatoms. The fourth-order valence-electron chi connectivity index (χ4n) is 1.61. The third kappa shape index (κ3) is 3.04. The molecular formula is C14H16N2O. The lowest BCUT2D eigenvalue weighted by molar-refractivity contribution is 0.282. The molecule has 2 rings (SSSR count). The molecule has 0 saturated heterocycles. The normalized spacial score (nSPS) is 10.2. The molecule has 0 atom stereocenters. The molecule has 0 radical (unpaired) electrons. The van der Waals surface area contributed by atoms with Gasteiger partial charge in [0.25, 0.3) is 0 Å². The summed E-state index contributed by atoms with van der Waals surface area (Å²) in [4.78, 5) is 4.11. The van der Waals surface area contributed by atoms with E-state index >= 15 is 0 Å². The number of aliphatic hydroxyl groups is 1. The number of benzene rings is 1. The highest BCUT2D eigenvalue weighted by molar-refractivity contribution is 5.45. The van der Waals surface area contributed by atoms with Gasteiger partial charge in [0.05, 0.1) is 6.61 Å². The number of pyridine rings is 1. The Labute approximate surface area is 101 Å². The van der Waals surface area contributed by atoms with Crippen LogP contribution in [0.25, 0.3) is 0 Å². The molecule has 1 aromatic carbocycles. The Morgan fingerprint density at radius 3 is 2.59 bits per heavy atom. The molecule has 17 heavy (non-hydrogen) atoms. The lowest BCUT2D eigenvalue weighted by Gasteiger charge is -2.08. The van der Waals surface area contributed by atoms with Crippen LogP contribution in [0.1, 0.15) is 16.7 Å². The summed E-state index contributed by atoms with van der Waals surface area (Å²) in [5.74, 6) is 0. The van der Waals surface area contributed by atoms with Crippen molar-refractivity contribution in [1.82, 2.24) is 4.98 Å². The number of hydrogen-bond acceptors (Lipinski definition) is 3. The Bertz CT molecular complexity index is 480. The number of aryl methyl sites for hydroxylation is 1. The summed E-state index contributed by atoms with van der Waals surface area (Å²) in [6.07, 6.45) is 3.68. The van der Waals surface area contributed by atoms with Gasteiger partial charge in [0.1, 0.15) is 0 Å². The molecule has 0 saturated carbocycles. The van der Waals surface area contributed by atoms with Crippen LogP contribution in [0.2, 0.25) is 0 Å². The quantitative estimate of drug-likeness (QED) is 0.845. The highest BCUT2D eigenvalue weighted by Gasteiger charge is 1.98. The number of anilines is 1. The first-order valence-corrected chi connectivity index (χ1v) is 5.63. The maximum Gasteiger partial charge on any atom is 0.0681 e. The molecule has 88 valence electrons. The number of hydrogen-bond donors (Lipinski definition) is 2. The van der Waals surface area contributed by atoms with Gasteiger partial charge in [-0.1, -0.05) is 12.1 Å². The summed E-state index contributed by atoms with van der Waals surface area (Å²) < 4.78 is 0. The lowest BCUT2D eigenvalue weighted by atomic mass is 10.1. The summed E-state index contributed by atoms with van der Waals surface area (Å²) in [7, 11) is 0. The summed E-state index contributed by atoms with van der Waals surface area (Å²) >= 11 is 0. The van der Waals surface area contributed by atoms with Crippen LogP contribution in [0, 0.1) is 6.92 Å². The fraction of sp³-hybridized carbons (Fsp3) is 0.214. The number of aliphatic hydroxyl groups excluding tert-OH is 1. The standard InChI is InChI=1S/C14H16N2O/c1-11-6-7-15-8-13(11)9-16-14-4-2-12(10-17)3-5-14/h2-8,16-17H,9-10H2,1H3. The number of nitrogens with one attached hydrogen (secondary N) is 1. The topological polar surface area (TPSA) is 45.2 Å². The predicted octanol–water partition coefficient (Wildman–Crippen LogP) is 2.49. The first-order chi connectivity index (χ1) is 8.29. The molecule has 0 aliphatic heterocycles. The highest BCUT2D eigenvalue weighted by atomic mass is 16.3. The Morgan fingerprint density at radius 2 is 1.94 bits per heavy atom. The Hall–Kier alpha value is -1.87. The molecule has 2 N–H and O–H groups in total. The van der Waals surface area contributed by atoms with E-state index in [9.17, 15) is 0 Å². The van der Waals surface area contributed by atoms with E-state index in [0.29, 0.717) is 0 Å². The third-order valence-electron chi connectivity index (χ3n) is 2.77. The van der Waals surface area contributed by atoms with Crippen LogP contribution in [0.15, 0.2) is 42.7 Å². The van der Waals surface area contributed by atoms with Crippen molar-refractivity contribution in [3.8, 4) is 0 Å². The van der Waals surface area contributed by atoms with Crippen LogP contribution in [-0.2, 0) is 13.2 Å². The number of aromatic nitrogens is 1. The van der Waals surface area contributed by atoms with Crippen LogP contribution in [0.5, 0.6) is 0 Å². The average molecular weight is 228 g/mol. The van der Waals surface area contributed by atoms with E-state index in [-0.39, 0.29) is 6.61 Å². The minimum absolute atomic E-state index is 0.0853. The monoisotopic (exact) mass is 228 g/mol. The van der Waals surface area contributed by atoms with Gasteiger partial charge in [-0.2, -0.15) is 0 Å². The average Bonchev–Trinajstić information content (AvgIpc) is 2.38. The zero-order valence-corrected chi connectivity index (χ0v) is 9.85. The molecule has 0 aliphatic carbocycles. The highest BCUT2D eigenvalue weighted by Crippen LogP contribution is 2.12. The largest absolute Gasteiger partial charge is 0.392 e. The van der Waals surface area contributed by atoms with Crippen molar-refractivity contribution in [2.75, 3.05) is 5.32 Å². The zero-order valence-electron chi connectivity index (χ0n) is 9.85. The van der Waals surface area contributed by atoms with Crippen LogP contribution in [-0.4, -0.2) is 10.1 Å². The van der Waals surface area contributed by atoms with Crippen LogP contribution in [0.3, 0.4) is 0 Å². The predicted molar refractivity (Wildman–Crippen MR) is 68.7 cm³/mol. The minimum atomic E-state index is 0.0853. The molecule has 1 aromatic heterocycles. The molecular weight excluding hydrogens is 212 g/mol. The summed E-state index contributed by atoms with van der Waals surface area (Å²) in [5, 5.41) is 12.3. The third-order valence-corrected chi connectivity index (χ3v) is 2.77. The lowest BCUT2D eigenvalue weighted by Crippen LogP contribution is -2.01. The first-order valence-electron chi connectivity index (χ1n) is 5.63. The molecule has 2 aromatic rings. The van der Waals surface area contributed by atoms with Gasteiger partial charge < -0.3 is 10.4 Å². The summed E-state index contributed by atoms with van der Waals surface area (Å²) in [6.45, 7) is 2.92. The maximum absolute atomic E-state index is 8.94. The van der Waals surface area contributed by atoms with Crippen molar-refractivity contribution in [2.24, 2.45) is 0 Å². The van der Waals surface area contributed by atoms with Gasteiger partial charge in [-0.05, 0) is 41.8 Å². The van der Waals surface area contributed by atoms with Crippen molar-refractivity contribution in [3.63, 3.8) is 0 Å². The molecule has 0 spiro atoms. The van der Waals surface area contributed by atoms with Gasteiger partial charge in [0.15, 0.2) is 0 Å². The molecule has 0 aliphatic rings. The van der Waals surface area contributed by atoms with Crippen molar-refractivity contribution in [3.05, 3.63) is 59.4 Å². The summed E-state index contributed by atoms with van der Waals surface area (Å²) in [6, 6.07) is 9.78. The second-order valence-corrected chi connectivity index (χ2v) is 4.01. The van der Waals surface area contributed by atoms with Crippen molar-refractivity contribution >= 4 is 5.69 Å². The Kier molecular flexibility index (Phi) is 3.73. The Balaban J connectivity index is 2.00. The van der Waals surface area contributed by atoms with E-state index in [1.54, 1.807) is 6.20 Å². The van der Waals surface area contributed by atoms with Crippen LogP contribution >= 0.6 is 0 Å². The molecule has 0 fully saturated rings. The number of rotatable bonds is 4. The van der Waals surface area contributed by atoms with Gasteiger partial charge in [0, 0.05) is 24.6 Å². The van der Waals surface area contributed by atoms with Gasteiger partial charge in [-0.25, -0.2) is 0 Å². The van der Waals surface area contributed by atoms with Crippen molar-refractivity contribution in [1.29, 1.82) is 0 Å².